The van der Waals surface area contributed by atoms with Gasteiger partial charge in [-0.2, -0.15) is 0 Å². The Morgan fingerprint density at radius 2 is 1.83 bits per heavy atom. The highest BCUT2D eigenvalue weighted by molar-refractivity contribution is 5.94. The predicted octanol–water partition coefficient (Wildman–Crippen LogP) is 2.33. The first-order valence-electron chi connectivity index (χ1n) is 9.81. The van der Waals surface area contributed by atoms with Crippen molar-refractivity contribution in [2.75, 3.05) is 25.1 Å². The average Bonchev–Trinajstić information content (AvgIpc) is 2.69. The number of benzene rings is 2. The lowest BCUT2D eigenvalue weighted by Crippen LogP contribution is -2.50. The summed E-state index contributed by atoms with van der Waals surface area (Å²) in [6, 6.07) is 12.7. The van der Waals surface area contributed by atoms with E-state index in [1.807, 2.05) is 43.0 Å². The van der Waals surface area contributed by atoms with E-state index in [1.54, 1.807) is 18.2 Å². The monoisotopic (exact) mass is 397 g/mol. The van der Waals surface area contributed by atoms with Gasteiger partial charge in [-0.05, 0) is 43.5 Å². The molecule has 2 aromatic rings. The Labute approximate surface area is 170 Å². The van der Waals surface area contributed by atoms with Gasteiger partial charge in [0.05, 0.1) is 31.5 Å². The molecule has 0 saturated carbocycles. The van der Waals surface area contributed by atoms with Crippen LogP contribution in [-0.4, -0.2) is 42.5 Å². The third-order valence-corrected chi connectivity index (χ3v) is 4.86. The molecule has 0 spiro atoms. The van der Waals surface area contributed by atoms with Gasteiger partial charge in [-0.3, -0.25) is 14.5 Å². The Bertz CT molecular complexity index is 884. The van der Waals surface area contributed by atoms with Gasteiger partial charge in [0.25, 0.3) is 0 Å². The zero-order chi connectivity index (χ0) is 20.8. The maximum absolute atomic E-state index is 12.8. The summed E-state index contributed by atoms with van der Waals surface area (Å²) in [5.41, 5.74) is 8.35. The molecule has 2 amide bonds. The first-order valence-corrected chi connectivity index (χ1v) is 9.81. The molecule has 2 aromatic carbocycles. The van der Waals surface area contributed by atoms with Gasteiger partial charge in [-0.1, -0.05) is 24.3 Å². The SMILES string of the molecule is CCOc1ccc(OCC)c(NC(=O)CN2Cc3ccccc3CC2C(N)=O)c1. The molecule has 1 atom stereocenters. The number of rotatable bonds is 8. The van der Waals surface area contributed by atoms with Crippen molar-refractivity contribution < 1.29 is 19.1 Å². The molecule has 0 fully saturated rings. The summed E-state index contributed by atoms with van der Waals surface area (Å²) < 4.78 is 11.1. The van der Waals surface area contributed by atoms with Crippen molar-refractivity contribution in [2.45, 2.75) is 32.9 Å². The van der Waals surface area contributed by atoms with Crippen molar-refractivity contribution in [1.82, 2.24) is 4.90 Å². The highest BCUT2D eigenvalue weighted by Crippen LogP contribution is 2.30. The van der Waals surface area contributed by atoms with E-state index in [1.165, 1.54) is 0 Å². The number of nitrogens with one attached hydrogen (secondary N) is 1. The number of fused-ring (bicyclic) bond motifs is 1. The average molecular weight is 397 g/mol. The minimum Gasteiger partial charge on any atom is -0.494 e. The normalized spacial score (nSPS) is 16.0. The third-order valence-electron chi connectivity index (χ3n) is 4.86. The smallest absolute Gasteiger partial charge is 0.238 e. The highest BCUT2D eigenvalue weighted by atomic mass is 16.5. The van der Waals surface area contributed by atoms with Crippen molar-refractivity contribution in [3.05, 3.63) is 53.6 Å². The Balaban J connectivity index is 1.75. The number of carbonyl (C=O) groups is 2. The van der Waals surface area contributed by atoms with E-state index in [4.69, 9.17) is 15.2 Å². The van der Waals surface area contributed by atoms with E-state index in [-0.39, 0.29) is 12.5 Å². The lowest BCUT2D eigenvalue weighted by molar-refractivity contribution is -0.125. The van der Waals surface area contributed by atoms with Gasteiger partial charge >= 0.3 is 0 Å². The number of hydrogen-bond donors (Lipinski definition) is 2. The van der Waals surface area contributed by atoms with E-state index in [9.17, 15) is 9.59 Å². The number of ether oxygens (including phenoxy) is 2. The summed E-state index contributed by atoms with van der Waals surface area (Å²) in [5, 5.41) is 2.89. The second-order valence-corrected chi connectivity index (χ2v) is 6.87. The van der Waals surface area contributed by atoms with Gasteiger partial charge in [0.2, 0.25) is 11.8 Å². The van der Waals surface area contributed by atoms with Gasteiger partial charge < -0.3 is 20.5 Å². The van der Waals surface area contributed by atoms with E-state index >= 15 is 0 Å². The van der Waals surface area contributed by atoms with Crippen LogP contribution in [0, 0.1) is 0 Å². The minimum absolute atomic E-state index is 0.0480. The van der Waals surface area contributed by atoms with Gasteiger partial charge in [-0.25, -0.2) is 0 Å². The van der Waals surface area contributed by atoms with Crippen molar-refractivity contribution in [3.63, 3.8) is 0 Å². The molecule has 0 aromatic heterocycles. The second-order valence-electron chi connectivity index (χ2n) is 6.87. The van der Waals surface area contributed by atoms with Crippen molar-refractivity contribution in [2.24, 2.45) is 5.73 Å². The number of carbonyl (C=O) groups excluding carboxylic acids is 2. The number of primary amides is 1. The molecule has 154 valence electrons. The molecule has 1 heterocycles. The van der Waals surface area contributed by atoms with Crippen LogP contribution in [0.3, 0.4) is 0 Å². The van der Waals surface area contributed by atoms with Gasteiger partial charge in [-0.15, -0.1) is 0 Å². The molecule has 7 heteroatoms. The zero-order valence-electron chi connectivity index (χ0n) is 16.8. The van der Waals surface area contributed by atoms with Gasteiger partial charge in [0.15, 0.2) is 0 Å². The summed E-state index contributed by atoms with van der Waals surface area (Å²) in [5.74, 6) is 0.541. The van der Waals surface area contributed by atoms with E-state index in [2.05, 4.69) is 5.32 Å². The first kappa shape index (κ1) is 20.7. The lowest BCUT2D eigenvalue weighted by Gasteiger charge is -2.34. The first-order chi connectivity index (χ1) is 14.0. The standard InChI is InChI=1S/C22H27N3O4/c1-3-28-17-9-10-20(29-4-2)18(12-17)24-21(26)14-25-13-16-8-6-5-7-15(16)11-19(25)22(23)27/h5-10,12,19H,3-4,11,13-14H2,1-2H3,(H2,23,27)(H,24,26). The van der Waals surface area contributed by atoms with E-state index in [0.717, 1.165) is 11.1 Å². The maximum Gasteiger partial charge on any atom is 0.238 e. The molecule has 0 aliphatic carbocycles. The number of anilines is 1. The Hall–Kier alpha value is -3.06. The number of nitrogens with two attached hydrogens (primary N) is 1. The topological polar surface area (TPSA) is 93.9 Å². The number of hydrogen-bond acceptors (Lipinski definition) is 5. The van der Waals surface area contributed by atoms with Crippen molar-refractivity contribution >= 4 is 17.5 Å². The molecule has 3 N–H and O–H groups in total. The number of amides is 2. The Morgan fingerprint density at radius 3 is 2.52 bits per heavy atom. The molecular formula is C22H27N3O4. The fourth-order valence-corrected chi connectivity index (χ4v) is 3.54. The minimum atomic E-state index is -0.517. The zero-order valence-corrected chi connectivity index (χ0v) is 16.8. The lowest BCUT2D eigenvalue weighted by atomic mass is 9.93. The predicted molar refractivity (Wildman–Crippen MR) is 111 cm³/mol. The van der Waals surface area contributed by atoms with Crippen LogP contribution in [0.25, 0.3) is 0 Å². The fourth-order valence-electron chi connectivity index (χ4n) is 3.54. The largest absolute Gasteiger partial charge is 0.494 e. The van der Waals surface area contributed by atoms with Crippen LogP contribution >= 0.6 is 0 Å². The molecule has 1 unspecified atom stereocenters. The van der Waals surface area contributed by atoms with Crippen LogP contribution in [-0.2, 0) is 22.6 Å². The Morgan fingerprint density at radius 1 is 1.10 bits per heavy atom. The summed E-state index contributed by atoms with van der Waals surface area (Å²) >= 11 is 0. The molecule has 0 saturated heterocycles. The maximum atomic E-state index is 12.8. The second kappa shape index (κ2) is 9.43. The molecule has 7 nitrogen and oxygen atoms in total. The van der Waals surface area contributed by atoms with Crippen molar-refractivity contribution in [1.29, 1.82) is 0 Å². The number of nitrogens with zero attached hydrogens (tertiary/aromatic N) is 1. The summed E-state index contributed by atoms with van der Waals surface area (Å²) in [6.45, 7) is 5.32. The quantitative estimate of drug-likeness (QED) is 0.713. The molecular weight excluding hydrogens is 370 g/mol. The van der Waals surface area contributed by atoms with Crippen molar-refractivity contribution in [3.8, 4) is 11.5 Å². The molecule has 0 bridgehead atoms. The van der Waals surface area contributed by atoms with Gasteiger partial charge in [0.1, 0.15) is 11.5 Å². The van der Waals surface area contributed by atoms with Crippen LogP contribution in [0.2, 0.25) is 0 Å². The van der Waals surface area contributed by atoms with Crippen LogP contribution in [0.1, 0.15) is 25.0 Å². The highest BCUT2D eigenvalue weighted by Gasteiger charge is 2.31. The molecule has 1 aliphatic heterocycles. The summed E-state index contributed by atoms with van der Waals surface area (Å²) in [4.78, 5) is 26.6. The van der Waals surface area contributed by atoms with E-state index < -0.39 is 11.9 Å². The summed E-state index contributed by atoms with van der Waals surface area (Å²) in [7, 11) is 0. The Kier molecular flexibility index (Phi) is 6.72. The molecule has 3 rings (SSSR count). The molecule has 1 aliphatic rings. The van der Waals surface area contributed by atoms with Crippen LogP contribution in [0.4, 0.5) is 5.69 Å². The van der Waals surface area contributed by atoms with E-state index in [0.29, 0.717) is 43.4 Å². The van der Waals surface area contributed by atoms with Gasteiger partial charge in [0, 0.05) is 12.6 Å². The summed E-state index contributed by atoms with van der Waals surface area (Å²) in [6.07, 6.45) is 0.503. The molecule has 0 radical (unpaired) electrons. The fraction of sp³-hybridized carbons (Fsp3) is 0.364. The molecule has 29 heavy (non-hydrogen) atoms. The van der Waals surface area contributed by atoms with Crippen LogP contribution < -0.4 is 20.5 Å². The van der Waals surface area contributed by atoms with Crippen LogP contribution in [0.15, 0.2) is 42.5 Å². The van der Waals surface area contributed by atoms with Crippen LogP contribution in [0.5, 0.6) is 11.5 Å². The third kappa shape index (κ3) is 5.06.